The van der Waals surface area contributed by atoms with Gasteiger partial charge in [-0.2, -0.15) is 0 Å². The molecule has 0 aromatic rings. The predicted molar refractivity (Wildman–Crippen MR) is 373 cm³/mol. The van der Waals surface area contributed by atoms with E-state index in [9.17, 15) is 45.6 Å². The van der Waals surface area contributed by atoms with E-state index in [1.807, 2.05) is 6.08 Å². The van der Waals surface area contributed by atoms with Crippen molar-refractivity contribution in [2.45, 2.75) is 325 Å². The zero-order chi connectivity index (χ0) is 65.9. The van der Waals surface area contributed by atoms with E-state index in [1.54, 1.807) is 6.08 Å². The number of unbranched alkanes of at least 4 members (excludes halogenated alkanes) is 24. The molecule has 2 aliphatic heterocycles. The fourth-order valence-corrected chi connectivity index (χ4v) is 10.9. The highest BCUT2D eigenvalue weighted by Crippen LogP contribution is 2.30. The summed E-state index contributed by atoms with van der Waals surface area (Å²) in [4.78, 5) is 13.3. The van der Waals surface area contributed by atoms with Gasteiger partial charge in [0.25, 0.3) is 0 Å². The second-order valence-corrected chi connectivity index (χ2v) is 24.6. The Morgan fingerprint density at radius 2 is 0.769 bits per heavy atom. The molecule has 2 fully saturated rings. The van der Waals surface area contributed by atoms with Gasteiger partial charge in [0.05, 0.1) is 32.0 Å². The second-order valence-electron chi connectivity index (χ2n) is 24.6. The lowest BCUT2D eigenvalue weighted by Gasteiger charge is -2.46. The standard InChI is InChI=1S/C77H129NO13/c1-3-5-7-9-11-13-15-17-19-21-22-23-24-25-26-27-28-29-30-31-32-33-34-35-36-37-38-39-40-41-42-43-44-45-47-49-51-53-55-57-59-61-69(82)78-65(66(81)60-58-56-54-52-50-48-46-20-18-16-14-12-10-8-6-4-2)64-88-76-74(87)72(85)75(68(63-80)90-76)91-77-73(86)71(84)70(83)67(62-79)89-77/h5,7,11,13,17-20,22-23,25-26,28-29,31-32,34-35,50,52,58,60,65-68,70-77,79-81,83-87H,3-4,6,8-10,12,14-16,21,24,27,30,33,36-49,51,53-57,59,61-64H2,1-2H3,(H,78,82)/b7-5-,13-11-,19-17-,20-18+,23-22-,26-25-,29-28-,32-31-,35-34-,52-50+,60-58+. The van der Waals surface area contributed by atoms with Gasteiger partial charge in [-0.3, -0.25) is 4.79 Å². The monoisotopic (exact) mass is 1280 g/mol. The van der Waals surface area contributed by atoms with Crippen LogP contribution in [0.1, 0.15) is 251 Å². The van der Waals surface area contributed by atoms with Crippen molar-refractivity contribution in [3.05, 3.63) is 134 Å². The molecule has 1 amide bonds. The lowest BCUT2D eigenvalue weighted by molar-refractivity contribution is -0.359. The molecule has 2 heterocycles. The van der Waals surface area contributed by atoms with Gasteiger partial charge in [0.2, 0.25) is 5.91 Å². The zero-order valence-corrected chi connectivity index (χ0v) is 56.5. The van der Waals surface area contributed by atoms with Crippen LogP contribution in [0.3, 0.4) is 0 Å². The minimum atomic E-state index is -1.80. The van der Waals surface area contributed by atoms with Crippen LogP contribution in [0, 0.1) is 0 Å². The first-order valence-corrected chi connectivity index (χ1v) is 35.9. The molecule has 0 spiro atoms. The Morgan fingerprint density at radius 3 is 1.21 bits per heavy atom. The topological polar surface area (TPSA) is 228 Å². The number of hydrogen-bond acceptors (Lipinski definition) is 13. The lowest BCUT2D eigenvalue weighted by Crippen LogP contribution is -2.65. The average Bonchev–Trinajstić information content (AvgIpc) is 1.24. The molecule has 12 unspecified atom stereocenters. The molecule has 14 nitrogen and oxygen atoms in total. The van der Waals surface area contributed by atoms with Gasteiger partial charge in [0.1, 0.15) is 48.8 Å². The molecule has 0 aliphatic carbocycles. The summed E-state index contributed by atoms with van der Waals surface area (Å²) in [6, 6.07) is -0.945. The van der Waals surface area contributed by atoms with E-state index in [0.717, 1.165) is 96.3 Å². The summed E-state index contributed by atoms with van der Waals surface area (Å²) in [5.74, 6) is -0.257. The number of carbonyl (C=O) groups is 1. The third-order valence-corrected chi connectivity index (χ3v) is 16.5. The number of allylic oxidation sites excluding steroid dienone is 21. The molecule has 0 aromatic heterocycles. The molecule has 2 aliphatic rings. The van der Waals surface area contributed by atoms with Gasteiger partial charge < -0.3 is 65.1 Å². The van der Waals surface area contributed by atoms with Crippen molar-refractivity contribution in [1.29, 1.82) is 0 Å². The first-order valence-electron chi connectivity index (χ1n) is 35.9. The van der Waals surface area contributed by atoms with E-state index in [1.165, 1.54) is 122 Å². The fraction of sp³-hybridized carbons (Fsp3) is 0.701. The van der Waals surface area contributed by atoms with Crippen molar-refractivity contribution in [3.8, 4) is 0 Å². The Morgan fingerprint density at radius 1 is 0.407 bits per heavy atom. The van der Waals surface area contributed by atoms with E-state index in [0.29, 0.717) is 12.8 Å². The first-order chi connectivity index (χ1) is 44.6. The highest BCUT2D eigenvalue weighted by Gasteiger charge is 2.51. The van der Waals surface area contributed by atoms with E-state index >= 15 is 0 Å². The van der Waals surface area contributed by atoms with Crippen molar-refractivity contribution in [3.63, 3.8) is 0 Å². The summed E-state index contributed by atoms with van der Waals surface area (Å²) in [6.45, 7) is 2.64. The number of rotatable bonds is 57. The Bertz CT molecular complexity index is 2040. The zero-order valence-electron chi connectivity index (χ0n) is 56.5. The van der Waals surface area contributed by atoms with Gasteiger partial charge in [-0.25, -0.2) is 0 Å². The third-order valence-electron chi connectivity index (χ3n) is 16.5. The number of amides is 1. The van der Waals surface area contributed by atoms with Crippen molar-refractivity contribution >= 4 is 5.91 Å². The normalized spacial score (nSPS) is 23.6. The number of hydrogen-bond donors (Lipinski definition) is 9. The van der Waals surface area contributed by atoms with Crippen LogP contribution in [0.4, 0.5) is 0 Å². The quantitative estimate of drug-likeness (QED) is 0.0204. The van der Waals surface area contributed by atoms with Gasteiger partial charge in [-0.1, -0.05) is 270 Å². The molecule has 520 valence electrons. The lowest BCUT2D eigenvalue weighted by atomic mass is 9.97. The number of ether oxygens (including phenoxy) is 4. The Kier molecular flexibility index (Phi) is 54.7. The first kappa shape index (κ1) is 83.2. The summed E-state index contributed by atoms with van der Waals surface area (Å²) in [5, 5.41) is 87.3. The number of carbonyl (C=O) groups excluding carboxylic acids is 1. The minimum Gasteiger partial charge on any atom is -0.394 e. The number of nitrogens with one attached hydrogen (secondary N) is 1. The maximum Gasteiger partial charge on any atom is 0.220 e. The Hall–Kier alpha value is -3.87. The molecule has 0 bridgehead atoms. The summed E-state index contributed by atoms with van der Waals surface area (Å²) in [6.07, 6.45) is 72.3. The summed E-state index contributed by atoms with van der Waals surface area (Å²) in [7, 11) is 0. The number of aliphatic hydroxyl groups is 8. The van der Waals surface area contributed by atoms with Crippen LogP contribution in [-0.2, 0) is 23.7 Å². The molecule has 9 N–H and O–H groups in total. The van der Waals surface area contributed by atoms with E-state index < -0.39 is 86.8 Å². The van der Waals surface area contributed by atoms with Crippen LogP contribution in [0.2, 0.25) is 0 Å². The van der Waals surface area contributed by atoms with Crippen LogP contribution in [0.5, 0.6) is 0 Å². The molecule has 0 radical (unpaired) electrons. The van der Waals surface area contributed by atoms with Crippen molar-refractivity contribution in [2.24, 2.45) is 0 Å². The highest BCUT2D eigenvalue weighted by molar-refractivity contribution is 5.76. The van der Waals surface area contributed by atoms with Crippen LogP contribution in [-0.4, -0.2) is 140 Å². The molecular weight excluding hydrogens is 1150 g/mol. The van der Waals surface area contributed by atoms with Crippen LogP contribution >= 0.6 is 0 Å². The molecule has 12 atom stereocenters. The maximum absolute atomic E-state index is 13.3. The van der Waals surface area contributed by atoms with Gasteiger partial charge in [0.15, 0.2) is 12.6 Å². The summed E-state index contributed by atoms with van der Waals surface area (Å²) in [5.41, 5.74) is 0. The van der Waals surface area contributed by atoms with E-state index in [2.05, 4.69) is 141 Å². The van der Waals surface area contributed by atoms with Gasteiger partial charge in [-0.15, -0.1) is 0 Å². The minimum absolute atomic E-state index is 0.257. The van der Waals surface area contributed by atoms with Gasteiger partial charge in [0, 0.05) is 6.42 Å². The maximum atomic E-state index is 13.3. The molecule has 91 heavy (non-hydrogen) atoms. The van der Waals surface area contributed by atoms with Crippen molar-refractivity contribution < 1.29 is 64.6 Å². The Balaban J connectivity index is 1.60. The van der Waals surface area contributed by atoms with Crippen LogP contribution in [0.25, 0.3) is 0 Å². The molecule has 2 saturated heterocycles. The van der Waals surface area contributed by atoms with E-state index in [-0.39, 0.29) is 18.9 Å². The molecule has 0 saturated carbocycles. The molecule has 2 rings (SSSR count). The molecule has 0 aromatic carbocycles. The van der Waals surface area contributed by atoms with Gasteiger partial charge >= 0.3 is 0 Å². The second kappa shape index (κ2) is 59.8. The van der Waals surface area contributed by atoms with E-state index in [4.69, 9.17) is 18.9 Å². The summed E-state index contributed by atoms with van der Waals surface area (Å²) < 4.78 is 22.8. The third kappa shape index (κ3) is 43.7. The predicted octanol–water partition coefficient (Wildman–Crippen LogP) is 15.1. The summed E-state index contributed by atoms with van der Waals surface area (Å²) >= 11 is 0. The highest BCUT2D eigenvalue weighted by atomic mass is 16.7. The van der Waals surface area contributed by atoms with Crippen LogP contribution < -0.4 is 5.32 Å². The van der Waals surface area contributed by atoms with Crippen molar-refractivity contribution in [1.82, 2.24) is 5.32 Å². The van der Waals surface area contributed by atoms with Gasteiger partial charge in [-0.05, 0) is 109 Å². The average molecular weight is 1280 g/mol. The molecular formula is C77H129NO13. The van der Waals surface area contributed by atoms with Crippen molar-refractivity contribution in [2.75, 3.05) is 19.8 Å². The SMILES string of the molecule is CC/C=C\C/C=C\C/C=C\C/C=C\C/C=C\C/C=C\C/C=C\C/C=C\CCCCCCCCCCCCCCCCCCC(=O)NC(COC1OC(CO)C(OC2OC(CO)C(O)C(O)C2O)C(O)C1O)C(O)/C=C/CC/C=C/CC/C=C/CCCCCCCC. The number of aliphatic hydroxyl groups excluding tert-OH is 8. The smallest absolute Gasteiger partial charge is 0.220 e. The molecule has 14 heteroatoms. The van der Waals surface area contributed by atoms with Crippen LogP contribution in [0.15, 0.2) is 134 Å². The Labute approximate surface area is 551 Å². The largest absolute Gasteiger partial charge is 0.394 e. The fourth-order valence-electron chi connectivity index (χ4n) is 10.9.